The van der Waals surface area contributed by atoms with E-state index < -0.39 is 5.97 Å². The van der Waals surface area contributed by atoms with Crippen molar-refractivity contribution in [3.8, 4) is 11.8 Å². The van der Waals surface area contributed by atoms with Gasteiger partial charge in [-0.2, -0.15) is 5.90 Å². The molecule has 0 heterocycles. The second-order valence-electron chi connectivity index (χ2n) is 3.69. The average Bonchev–Trinajstić information content (AvgIpc) is 2.03. The van der Waals surface area contributed by atoms with Crippen molar-refractivity contribution in [1.29, 1.82) is 0 Å². The summed E-state index contributed by atoms with van der Waals surface area (Å²) in [7, 11) is 0. The third kappa shape index (κ3) is 4.54. The molecule has 13 heavy (non-hydrogen) atoms. The summed E-state index contributed by atoms with van der Waals surface area (Å²) in [5.41, 5.74) is 0. The van der Waals surface area contributed by atoms with Crippen molar-refractivity contribution < 1.29 is 9.63 Å². The molecule has 0 aromatic carbocycles. The fraction of sp³-hybridized carbons (Fsp3) is 0.700. The van der Waals surface area contributed by atoms with E-state index in [-0.39, 0.29) is 5.92 Å². The Labute approximate surface area is 79.6 Å². The van der Waals surface area contributed by atoms with Crippen LogP contribution in [0.15, 0.2) is 0 Å². The Morgan fingerprint density at radius 3 is 2.00 bits per heavy atom. The van der Waals surface area contributed by atoms with Gasteiger partial charge in [0.2, 0.25) is 0 Å². The van der Waals surface area contributed by atoms with Crippen molar-refractivity contribution in [2.75, 3.05) is 0 Å². The van der Waals surface area contributed by atoms with Crippen LogP contribution >= 0.6 is 0 Å². The SMILES string of the molecule is CC(C)C(C#CC(=O)ON)C(C)C. The number of hydrogen-bond donors (Lipinski definition) is 1. The lowest BCUT2D eigenvalue weighted by atomic mass is 9.86. The van der Waals surface area contributed by atoms with Gasteiger partial charge in [0.1, 0.15) is 0 Å². The summed E-state index contributed by atoms with van der Waals surface area (Å²) in [6.07, 6.45) is 0. The van der Waals surface area contributed by atoms with Crippen LogP contribution in [-0.4, -0.2) is 5.97 Å². The zero-order valence-corrected chi connectivity index (χ0v) is 8.63. The highest BCUT2D eigenvalue weighted by molar-refractivity contribution is 5.88. The van der Waals surface area contributed by atoms with E-state index in [9.17, 15) is 4.79 Å². The maximum absolute atomic E-state index is 10.6. The average molecular weight is 183 g/mol. The van der Waals surface area contributed by atoms with Gasteiger partial charge in [-0.15, -0.1) is 0 Å². The van der Waals surface area contributed by atoms with Crippen LogP contribution in [0.3, 0.4) is 0 Å². The van der Waals surface area contributed by atoms with Crippen LogP contribution in [0.25, 0.3) is 0 Å². The van der Waals surface area contributed by atoms with Crippen molar-refractivity contribution in [2.24, 2.45) is 23.7 Å². The molecule has 0 bridgehead atoms. The molecule has 74 valence electrons. The van der Waals surface area contributed by atoms with Crippen LogP contribution in [-0.2, 0) is 9.63 Å². The summed E-state index contributed by atoms with van der Waals surface area (Å²) in [6.45, 7) is 8.31. The van der Waals surface area contributed by atoms with Crippen LogP contribution in [0.1, 0.15) is 27.7 Å². The molecule has 0 spiro atoms. The first kappa shape index (κ1) is 12.0. The second-order valence-corrected chi connectivity index (χ2v) is 3.69. The lowest BCUT2D eigenvalue weighted by Gasteiger charge is -2.18. The maximum atomic E-state index is 10.6. The normalized spacial score (nSPS) is 10.2. The molecular formula is C10H17NO2. The van der Waals surface area contributed by atoms with Gasteiger partial charge in [0.25, 0.3) is 0 Å². The van der Waals surface area contributed by atoms with E-state index in [2.05, 4.69) is 50.3 Å². The molecule has 0 saturated heterocycles. The standard InChI is InChI=1S/C10H17NO2/c1-7(2)9(8(3)4)5-6-10(12)13-11/h7-9H,11H2,1-4H3. The third-order valence-electron chi connectivity index (χ3n) is 1.88. The largest absolute Gasteiger partial charge is 0.402 e. The second kappa shape index (κ2) is 5.60. The lowest BCUT2D eigenvalue weighted by Crippen LogP contribution is -2.14. The lowest BCUT2D eigenvalue weighted by molar-refractivity contribution is -0.137. The van der Waals surface area contributed by atoms with Crippen molar-refractivity contribution in [2.45, 2.75) is 27.7 Å². The Bertz CT molecular complexity index is 215. The number of rotatable bonds is 2. The van der Waals surface area contributed by atoms with Crippen LogP contribution in [0.2, 0.25) is 0 Å². The zero-order chi connectivity index (χ0) is 10.4. The molecule has 0 radical (unpaired) electrons. The van der Waals surface area contributed by atoms with Gasteiger partial charge in [0, 0.05) is 11.8 Å². The maximum Gasteiger partial charge on any atom is 0.402 e. The highest BCUT2D eigenvalue weighted by atomic mass is 16.7. The summed E-state index contributed by atoms with van der Waals surface area (Å²) in [5.74, 6) is 10.3. The van der Waals surface area contributed by atoms with E-state index in [4.69, 9.17) is 0 Å². The predicted octanol–water partition coefficient (Wildman–Crippen LogP) is 1.33. The van der Waals surface area contributed by atoms with Gasteiger partial charge in [-0.05, 0) is 11.8 Å². The van der Waals surface area contributed by atoms with Gasteiger partial charge in [0.05, 0.1) is 0 Å². The topological polar surface area (TPSA) is 52.3 Å². The molecule has 0 aromatic rings. The van der Waals surface area contributed by atoms with Crippen molar-refractivity contribution >= 4 is 5.97 Å². The van der Waals surface area contributed by atoms with Crippen LogP contribution in [0.4, 0.5) is 0 Å². The molecule has 2 N–H and O–H groups in total. The van der Waals surface area contributed by atoms with Gasteiger partial charge in [0.15, 0.2) is 0 Å². The van der Waals surface area contributed by atoms with Gasteiger partial charge in [-0.3, -0.25) is 0 Å². The Balaban J connectivity index is 4.39. The van der Waals surface area contributed by atoms with Crippen molar-refractivity contribution in [1.82, 2.24) is 0 Å². The Kier molecular flexibility index (Phi) is 5.17. The highest BCUT2D eigenvalue weighted by Gasteiger charge is 2.14. The molecule has 0 aliphatic rings. The molecule has 0 rings (SSSR count). The molecule has 0 aliphatic carbocycles. The Hall–Kier alpha value is -1.01. The molecule has 0 aliphatic heterocycles. The van der Waals surface area contributed by atoms with Crippen LogP contribution in [0, 0.1) is 29.6 Å². The van der Waals surface area contributed by atoms with E-state index in [0.29, 0.717) is 11.8 Å². The van der Waals surface area contributed by atoms with Gasteiger partial charge in [-0.25, -0.2) is 4.79 Å². The smallest absolute Gasteiger partial charge is 0.364 e. The van der Waals surface area contributed by atoms with Gasteiger partial charge < -0.3 is 4.84 Å². The number of hydrogen-bond acceptors (Lipinski definition) is 3. The first-order valence-corrected chi connectivity index (χ1v) is 4.41. The van der Waals surface area contributed by atoms with E-state index in [1.54, 1.807) is 0 Å². The Morgan fingerprint density at radius 1 is 1.23 bits per heavy atom. The number of carbonyl (C=O) groups excluding carboxylic acids is 1. The quantitative estimate of drug-likeness (QED) is 0.519. The molecule has 0 unspecified atom stereocenters. The summed E-state index contributed by atoms with van der Waals surface area (Å²) in [4.78, 5) is 14.6. The summed E-state index contributed by atoms with van der Waals surface area (Å²) in [6, 6.07) is 0. The molecule has 0 saturated carbocycles. The van der Waals surface area contributed by atoms with E-state index in [0.717, 1.165) is 0 Å². The zero-order valence-electron chi connectivity index (χ0n) is 8.63. The highest BCUT2D eigenvalue weighted by Crippen LogP contribution is 2.18. The number of carbonyl (C=O) groups is 1. The molecule has 0 atom stereocenters. The third-order valence-corrected chi connectivity index (χ3v) is 1.88. The fourth-order valence-electron chi connectivity index (χ4n) is 1.27. The summed E-state index contributed by atoms with van der Waals surface area (Å²) >= 11 is 0. The minimum atomic E-state index is -0.675. The Morgan fingerprint density at radius 2 is 1.69 bits per heavy atom. The first-order valence-electron chi connectivity index (χ1n) is 4.41. The van der Waals surface area contributed by atoms with E-state index in [1.807, 2.05) is 0 Å². The van der Waals surface area contributed by atoms with Crippen molar-refractivity contribution in [3.63, 3.8) is 0 Å². The summed E-state index contributed by atoms with van der Waals surface area (Å²) < 4.78 is 0. The molecule has 3 heteroatoms. The molecule has 0 aromatic heterocycles. The summed E-state index contributed by atoms with van der Waals surface area (Å²) in [5, 5.41) is 0. The predicted molar refractivity (Wildman–Crippen MR) is 51.2 cm³/mol. The van der Waals surface area contributed by atoms with Gasteiger partial charge in [-0.1, -0.05) is 33.6 Å². The molecule has 3 nitrogen and oxygen atoms in total. The van der Waals surface area contributed by atoms with Crippen molar-refractivity contribution in [3.05, 3.63) is 0 Å². The minimum absolute atomic E-state index is 0.207. The molecule has 0 fully saturated rings. The van der Waals surface area contributed by atoms with Crippen LogP contribution in [0.5, 0.6) is 0 Å². The van der Waals surface area contributed by atoms with Crippen LogP contribution < -0.4 is 5.90 Å². The first-order chi connectivity index (χ1) is 5.99. The monoisotopic (exact) mass is 183 g/mol. The van der Waals surface area contributed by atoms with E-state index in [1.165, 1.54) is 0 Å². The molecule has 0 amide bonds. The van der Waals surface area contributed by atoms with Gasteiger partial charge >= 0.3 is 5.97 Å². The minimum Gasteiger partial charge on any atom is -0.364 e. The van der Waals surface area contributed by atoms with E-state index >= 15 is 0 Å². The molecular weight excluding hydrogens is 166 g/mol. The fourth-order valence-corrected chi connectivity index (χ4v) is 1.27. The number of nitrogens with two attached hydrogens (primary N) is 1.